The van der Waals surface area contributed by atoms with Crippen LogP contribution in [0.2, 0.25) is 0 Å². The van der Waals surface area contributed by atoms with E-state index in [4.69, 9.17) is 0 Å². The van der Waals surface area contributed by atoms with Crippen LogP contribution in [0.4, 0.5) is 0 Å². The molecule has 0 N–H and O–H groups in total. The number of aryl methyl sites for hydroxylation is 2. The van der Waals surface area contributed by atoms with Gasteiger partial charge in [-0.1, -0.05) is 0 Å². The molecule has 11 heavy (non-hydrogen) atoms. The van der Waals surface area contributed by atoms with Crippen molar-refractivity contribution in [3.05, 3.63) is 29.3 Å². The van der Waals surface area contributed by atoms with Crippen molar-refractivity contribution in [3.63, 3.8) is 0 Å². The van der Waals surface area contributed by atoms with Crippen molar-refractivity contribution in [1.29, 1.82) is 0 Å². The minimum atomic E-state index is 0. The Hall–Kier alpha value is 0.332. The van der Waals surface area contributed by atoms with Crippen molar-refractivity contribution in [2.24, 2.45) is 0 Å². The van der Waals surface area contributed by atoms with Crippen LogP contribution in [0, 0.1) is 13.8 Å². The predicted octanol–water partition coefficient (Wildman–Crippen LogP) is -4.89. The van der Waals surface area contributed by atoms with Crippen LogP contribution in [0.1, 0.15) is 11.1 Å². The number of hydrogen-bond acceptors (Lipinski definition) is 0. The molecule has 0 saturated carbocycles. The van der Waals surface area contributed by atoms with E-state index in [0.29, 0.717) is 0 Å². The zero-order valence-corrected chi connectivity index (χ0v) is 9.23. The molecule has 0 aliphatic heterocycles. The van der Waals surface area contributed by atoms with Crippen molar-refractivity contribution < 1.29 is 24.8 Å². The molecule has 0 spiro atoms. The molecule has 0 aliphatic carbocycles. The summed E-state index contributed by atoms with van der Waals surface area (Å²) in [7, 11) is 0. The van der Waals surface area contributed by atoms with Crippen LogP contribution in [-0.4, -0.2) is 16.3 Å². The van der Waals surface area contributed by atoms with Crippen LogP contribution in [0.15, 0.2) is 18.2 Å². The largest absolute Gasteiger partial charge is 1.00 e. The molecule has 0 saturated heterocycles. The van der Waals surface area contributed by atoms with Crippen molar-refractivity contribution in [3.8, 4) is 0 Å². The molecule has 1 rings (SSSR count). The number of rotatable bonds is 0. The smallest absolute Gasteiger partial charge is 1.00 e. The summed E-state index contributed by atoms with van der Waals surface area (Å²) in [6.45, 7) is 4.22. The molecule has 0 bridgehead atoms. The monoisotopic (exact) mass is 202 g/mol. The van der Waals surface area contributed by atoms with Crippen LogP contribution in [0.3, 0.4) is 0 Å². The number of halogens is 2. The van der Waals surface area contributed by atoms with Gasteiger partial charge in [-0.3, -0.25) is 0 Å². The molecule has 0 radical (unpaired) electrons. The summed E-state index contributed by atoms with van der Waals surface area (Å²) < 4.78 is 1.27. The Bertz CT molecular complexity index is 173. The SMILES string of the molecule is Cc1cc(C)c[c]([Al+2])c1.[Cl-].[Cl-]. The molecule has 0 unspecified atom stereocenters. The Kier molecular flexibility index (Phi) is 7.47. The van der Waals surface area contributed by atoms with Gasteiger partial charge in [-0.25, -0.2) is 0 Å². The van der Waals surface area contributed by atoms with Gasteiger partial charge in [0.05, 0.1) is 0 Å². The van der Waals surface area contributed by atoms with Crippen LogP contribution in [0.25, 0.3) is 0 Å². The first-order chi connectivity index (χ1) is 4.18. The molecule has 58 valence electrons. The summed E-state index contributed by atoms with van der Waals surface area (Å²) in [5.41, 5.74) is 2.67. The predicted molar refractivity (Wildman–Crippen MR) is 41.3 cm³/mol. The zero-order chi connectivity index (χ0) is 6.85. The molecular weight excluding hydrogens is 194 g/mol. The standard InChI is InChI=1S/C8H9.Al.2ClH/c1-7-4-3-5-8(2)6-7;;;/h4-6H,1-2H3;;2*1H/q;+2;;/p-2. The number of hydrogen-bond donors (Lipinski definition) is 0. The third kappa shape index (κ3) is 4.72. The molecule has 0 heterocycles. The summed E-state index contributed by atoms with van der Waals surface area (Å²) in [6.07, 6.45) is 0. The number of benzene rings is 1. The first kappa shape index (κ1) is 13.9. The maximum Gasteiger partial charge on any atom is -1.00 e. The summed E-state index contributed by atoms with van der Waals surface area (Å²) in [4.78, 5) is 0. The summed E-state index contributed by atoms with van der Waals surface area (Å²) >= 11 is 2.70. The van der Waals surface area contributed by atoms with Crippen LogP contribution >= 0.6 is 0 Å². The van der Waals surface area contributed by atoms with Gasteiger partial charge >= 0.3 is 63.9 Å². The fraction of sp³-hybridized carbons (Fsp3) is 0.250. The van der Waals surface area contributed by atoms with Crippen molar-refractivity contribution in [1.82, 2.24) is 0 Å². The summed E-state index contributed by atoms with van der Waals surface area (Å²) in [5.74, 6) is 0. The Morgan fingerprint density at radius 2 is 1.27 bits per heavy atom. The first-order valence-electron chi connectivity index (χ1n) is 3.02. The molecule has 0 amide bonds. The van der Waals surface area contributed by atoms with E-state index in [1.165, 1.54) is 15.6 Å². The summed E-state index contributed by atoms with van der Waals surface area (Å²) in [6, 6.07) is 6.48. The minimum absolute atomic E-state index is 0. The van der Waals surface area contributed by atoms with Gasteiger partial charge in [0.25, 0.3) is 0 Å². The van der Waals surface area contributed by atoms with E-state index in [-0.39, 0.29) is 24.8 Å². The molecule has 3 heteroatoms. The average Bonchev–Trinajstić information content (AvgIpc) is 1.59. The van der Waals surface area contributed by atoms with Gasteiger partial charge in [0, 0.05) is 0 Å². The van der Waals surface area contributed by atoms with E-state index in [0.717, 1.165) is 0 Å². The van der Waals surface area contributed by atoms with Gasteiger partial charge < -0.3 is 24.8 Å². The maximum absolute atomic E-state index is 2.70. The molecule has 0 aromatic heterocycles. The molecule has 0 nitrogen and oxygen atoms in total. The summed E-state index contributed by atoms with van der Waals surface area (Å²) in [5, 5.41) is 0. The Balaban J connectivity index is 0. The van der Waals surface area contributed by atoms with Gasteiger partial charge in [-0.05, 0) is 0 Å². The van der Waals surface area contributed by atoms with Gasteiger partial charge in [0.1, 0.15) is 0 Å². The van der Waals surface area contributed by atoms with Crippen molar-refractivity contribution in [2.75, 3.05) is 0 Å². The molecule has 0 aliphatic rings. The van der Waals surface area contributed by atoms with Crippen LogP contribution in [0.5, 0.6) is 0 Å². The van der Waals surface area contributed by atoms with Crippen LogP contribution in [-0.2, 0) is 0 Å². The van der Waals surface area contributed by atoms with Crippen LogP contribution < -0.4 is 29.2 Å². The second kappa shape index (κ2) is 5.92. The first-order valence-corrected chi connectivity index (χ1v) is 3.60. The molecular formula is C8H9AlCl2. The van der Waals surface area contributed by atoms with Gasteiger partial charge in [0.15, 0.2) is 0 Å². The Morgan fingerprint density at radius 3 is 1.55 bits per heavy atom. The third-order valence-corrected chi connectivity index (χ3v) is 1.58. The van der Waals surface area contributed by atoms with E-state index in [1.807, 2.05) is 0 Å². The molecule has 1 aromatic rings. The Morgan fingerprint density at radius 1 is 0.909 bits per heavy atom. The third-order valence-electron chi connectivity index (χ3n) is 1.24. The fourth-order valence-corrected chi connectivity index (χ4v) is 1.54. The van der Waals surface area contributed by atoms with Gasteiger partial charge in [-0.2, -0.15) is 0 Å². The molecule has 0 atom stereocenters. The quantitative estimate of drug-likeness (QED) is 0.371. The maximum atomic E-state index is 2.70. The van der Waals surface area contributed by atoms with Gasteiger partial charge in [0.2, 0.25) is 0 Å². The van der Waals surface area contributed by atoms with Crippen molar-refractivity contribution >= 4 is 20.7 Å². The second-order valence-electron chi connectivity index (χ2n) is 2.42. The Labute approximate surface area is 88.6 Å². The van der Waals surface area contributed by atoms with Crippen molar-refractivity contribution in [2.45, 2.75) is 13.8 Å². The van der Waals surface area contributed by atoms with Gasteiger partial charge in [-0.15, -0.1) is 0 Å². The topological polar surface area (TPSA) is 0 Å². The van der Waals surface area contributed by atoms with E-state index in [1.54, 1.807) is 0 Å². The zero-order valence-electron chi connectivity index (χ0n) is 6.57. The molecule has 1 aromatic carbocycles. The average molecular weight is 203 g/mol. The minimum Gasteiger partial charge on any atom is -1.00 e. The van der Waals surface area contributed by atoms with E-state index >= 15 is 0 Å². The fourth-order valence-electron chi connectivity index (χ4n) is 1.01. The van der Waals surface area contributed by atoms with E-state index in [2.05, 4.69) is 48.3 Å². The normalized spacial score (nSPS) is 8.00. The molecule has 0 fully saturated rings. The van der Waals surface area contributed by atoms with E-state index in [9.17, 15) is 0 Å². The second-order valence-corrected chi connectivity index (χ2v) is 3.09. The van der Waals surface area contributed by atoms with E-state index < -0.39 is 0 Å².